The Morgan fingerprint density at radius 3 is 2.61 bits per heavy atom. The molecular weight excluding hydrogens is 228 g/mol. The lowest BCUT2D eigenvalue weighted by molar-refractivity contribution is -0.122. The molecule has 4 heteroatoms. The average Bonchev–Trinajstić information content (AvgIpc) is 2.28. The number of rotatable bonds is 6. The van der Waals surface area contributed by atoms with Crippen molar-refractivity contribution in [2.75, 3.05) is 6.61 Å². The highest BCUT2D eigenvalue weighted by atomic mass is 16.5. The third kappa shape index (κ3) is 4.75. The van der Waals surface area contributed by atoms with Gasteiger partial charge in [-0.15, -0.1) is 0 Å². The highest BCUT2D eigenvalue weighted by Gasteiger charge is 2.08. The zero-order chi connectivity index (χ0) is 13.5. The van der Waals surface area contributed by atoms with Crippen molar-refractivity contribution in [3.8, 4) is 5.75 Å². The van der Waals surface area contributed by atoms with Gasteiger partial charge in [0.05, 0.1) is 13.0 Å². The summed E-state index contributed by atoms with van der Waals surface area (Å²) in [5.74, 6) is 0.758. The van der Waals surface area contributed by atoms with E-state index in [0.29, 0.717) is 13.0 Å². The predicted molar refractivity (Wildman–Crippen MR) is 72.4 cm³/mol. The Hall–Kier alpha value is -1.55. The summed E-state index contributed by atoms with van der Waals surface area (Å²) in [6.45, 7) is 6.14. The maximum Gasteiger partial charge on any atom is 0.223 e. The molecule has 0 aromatic heterocycles. The molecule has 100 valence electrons. The highest BCUT2D eigenvalue weighted by Crippen LogP contribution is 2.23. The monoisotopic (exact) mass is 250 g/mol. The fourth-order valence-electron chi connectivity index (χ4n) is 1.64. The van der Waals surface area contributed by atoms with Crippen LogP contribution in [0.4, 0.5) is 0 Å². The minimum absolute atomic E-state index is 0.00304. The second kappa shape index (κ2) is 7.01. The van der Waals surface area contributed by atoms with Gasteiger partial charge in [0.1, 0.15) is 5.75 Å². The minimum atomic E-state index is -0.0781. The van der Waals surface area contributed by atoms with Gasteiger partial charge < -0.3 is 15.8 Å². The number of benzene rings is 1. The fraction of sp³-hybridized carbons (Fsp3) is 0.500. The molecule has 1 atom stereocenters. The first kappa shape index (κ1) is 14.5. The van der Waals surface area contributed by atoms with Crippen LogP contribution in [0, 0.1) is 0 Å². The summed E-state index contributed by atoms with van der Waals surface area (Å²) in [7, 11) is 0. The molecule has 0 saturated heterocycles. The average molecular weight is 250 g/mol. The summed E-state index contributed by atoms with van der Waals surface area (Å²) >= 11 is 0. The molecule has 0 heterocycles. The van der Waals surface area contributed by atoms with E-state index in [4.69, 9.17) is 10.5 Å². The number of hydrogen-bond donors (Lipinski definition) is 2. The second-order valence-electron chi connectivity index (χ2n) is 4.65. The normalized spacial score (nSPS) is 12.3. The Morgan fingerprint density at radius 2 is 2.00 bits per heavy atom. The van der Waals surface area contributed by atoms with Gasteiger partial charge in [-0.25, -0.2) is 0 Å². The third-order valence-corrected chi connectivity index (χ3v) is 2.45. The van der Waals surface area contributed by atoms with Crippen LogP contribution in [-0.2, 0) is 4.79 Å². The van der Waals surface area contributed by atoms with Gasteiger partial charge in [0.2, 0.25) is 5.91 Å². The molecular formula is C14H22N2O2. The molecule has 0 radical (unpaired) electrons. The molecule has 0 saturated carbocycles. The van der Waals surface area contributed by atoms with Crippen molar-refractivity contribution in [3.05, 3.63) is 29.8 Å². The Morgan fingerprint density at radius 1 is 1.33 bits per heavy atom. The number of nitrogens with two attached hydrogens (primary N) is 1. The summed E-state index contributed by atoms with van der Waals surface area (Å²) in [5.41, 5.74) is 6.81. The Kier molecular flexibility index (Phi) is 5.65. The number of para-hydroxylation sites is 1. The van der Waals surface area contributed by atoms with E-state index < -0.39 is 0 Å². The third-order valence-electron chi connectivity index (χ3n) is 2.45. The van der Waals surface area contributed by atoms with Crippen LogP contribution >= 0.6 is 0 Å². The van der Waals surface area contributed by atoms with Crippen LogP contribution in [0.1, 0.15) is 38.8 Å². The van der Waals surface area contributed by atoms with Gasteiger partial charge in [0.15, 0.2) is 0 Å². The van der Waals surface area contributed by atoms with Gasteiger partial charge in [0.25, 0.3) is 0 Å². The molecule has 0 fully saturated rings. The molecule has 18 heavy (non-hydrogen) atoms. The quantitative estimate of drug-likeness (QED) is 0.811. The van der Waals surface area contributed by atoms with Crippen LogP contribution in [0.3, 0.4) is 0 Å². The predicted octanol–water partition coefficient (Wildman–Crippen LogP) is 2.00. The van der Waals surface area contributed by atoms with E-state index in [-0.39, 0.29) is 18.0 Å². The van der Waals surface area contributed by atoms with Gasteiger partial charge in [-0.1, -0.05) is 18.2 Å². The number of carbonyl (C=O) groups is 1. The zero-order valence-electron chi connectivity index (χ0n) is 11.3. The van der Waals surface area contributed by atoms with E-state index in [1.165, 1.54) is 0 Å². The number of amides is 1. The van der Waals surface area contributed by atoms with E-state index in [2.05, 4.69) is 5.32 Å². The molecule has 4 nitrogen and oxygen atoms in total. The molecule has 0 unspecified atom stereocenters. The van der Waals surface area contributed by atoms with E-state index in [9.17, 15) is 4.79 Å². The van der Waals surface area contributed by atoms with Gasteiger partial charge in [-0.2, -0.15) is 0 Å². The van der Waals surface area contributed by atoms with E-state index in [0.717, 1.165) is 11.3 Å². The molecule has 1 rings (SSSR count). The SMILES string of the molecule is CC(C)NC(=O)CCOc1ccccc1[C@@H](C)N. The molecule has 0 spiro atoms. The Balaban J connectivity index is 2.46. The van der Waals surface area contributed by atoms with Crippen molar-refractivity contribution >= 4 is 5.91 Å². The Labute approximate surface area is 109 Å². The summed E-state index contributed by atoms with van der Waals surface area (Å²) in [6.07, 6.45) is 0.353. The van der Waals surface area contributed by atoms with Crippen LogP contribution in [0.2, 0.25) is 0 Å². The summed E-state index contributed by atoms with van der Waals surface area (Å²) in [5, 5.41) is 2.82. The number of hydrogen-bond acceptors (Lipinski definition) is 3. The topological polar surface area (TPSA) is 64.3 Å². The highest BCUT2D eigenvalue weighted by molar-refractivity contribution is 5.76. The van der Waals surface area contributed by atoms with Crippen LogP contribution in [-0.4, -0.2) is 18.6 Å². The standard InChI is InChI=1S/C14H22N2O2/c1-10(2)16-14(17)8-9-18-13-7-5-4-6-12(13)11(3)15/h4-7,10-11H,8-9,15H2,1-3H3,(H,16,17)/t11-/m1/s1. The second-order valence-corrected chi connectivity index (χ2v) is 4.65. The molecule has 0 aliphatic rings. The largest absolute Gasteiger partial charge is 0.493 e. The number of nitrogens with one attached hydrogen (secondary N) is 1. The maximum absolute atomic E-state index is 11.4. The van der Waals surface area contributed by atoms with Crippen molar-refractivity contribution < 1.29 is 9.53 Å². The molecule has 1 amide bonds. The smallest absolute Gasteiger partial charge is 0.223 e. The first-order chi connectivity index (χ1) is 8.50. The molecule has 3 N–H and O–H groups in total. The summed E-state index contributed by atoms with van der Waals surface area (Å²) < 4.78 is 5.61. The van der Waals surface area contributed by atoms with E-state index in [1.54, 1.807) is 0 Å². The van der Waals surface area contributed by atoms with E-state index in [1.807, 2.05) is 45.0 Å². The van der Waals surface area contributed by atoms with Crippen molar-refractivity contribution in [2.24, 2.45) is 5.73 Å². The van der Waals surface area contributed by atoms with Crippen molar-refractivity contribution in [3.63, 3.8) is 0 Å². The maximum atomic E-state index is 11.4. The fourth-order valence-corrected chi connectivity index (χ4v) is 1.64. The van der Waals surface area contributed by atoms with Gasteiger partial charge in [-0.3, -0.25) is 4.79 Å². The lowest BCUT2D eigenvalue weighted by Gasteiger charge is -2.14. The van der Waals surface area contributed by atoms with Gasteiger partial charge in [0, 0.05) is 17.6 Å². The number of ether oxygens (including phenoxy) is 1. The van der Waals surface area contributed by atoms with Crippen molar-refractivity contribution in [2.45, 2.75) is 39.3 Å². The van der Waals surface area contributed by atoms with Crippen LogP contribution < -0.4 is 15.8 Å². The van der Waals surface area contributed by atoms with Crippen LogP contribution in [0.15, 0.2) is 24.3 Å². The summed E-state index contributed by atoms with van der Waals surface area (Å²) in [4.78, 5) is 11.4. The lowest BCUT2D eigenvalue weighted by Crippen LogP contribution is -2.31. The Bertz CT molecular complexity index is 389. The van der Waals surface area contributed by atoms with Crippen molar-refractivity contribution in [1.29, 1.82) is 0 Å². The molecule has 0 bridgehead atoms. The van der Waals surface area contributed by atoms with Crippen LogP contribution in [0.5, 0.6) is 5.75 Å². The molecule has 0 aliphatic heterocycles. The van der Waals surface area contributed by atoms with Crippen molar-refractivity contribution in [1.82, 2.24) is 5.32 Å². The van der Waals surface area contributed by atoms with Gasteiger partial charge >= 0.3 is 0 Å². The molecule has 1 aromatic carbocycles. The lowest BCUT2D eigenvalue weighted by atomic mass is 10.1. The first-order valence-electron chi connectivity index (χ1n) is 6.27. The summed E-state index contributed by atoms with van der Waals surface area (Å²) in [6, 6.07) is 7.72. The minimum Gasteiger partial charge on any atom is -0.493 e. The van der Waals surface area contributed by atoms with Crippen LogP contribution in [0.25, 0.3) is 0 Å². The molecule has 1 aromatic rings. The number of carbonyl (C=O) groups excluding carboxylic acids is 1. The first-order valence-corrected chi connectivity index (χ1v) is 6.27. The molecule has 0 aliphatic carbocycles. The zero-order valence-corrected chi connectivity index (χ0v) is 11.3. The van der Waals surface area contributed by atoms with E-state index >= 15 is 0 Å². The van der Waals surface area contributed by atoms with Gasteiger partial charge in [-0.05, 0) is 26.8 Å².